The molecule has 2 atom stereocenters. The van der Waals surface area contributed by atoms with Crippen LogP contribution in [0.5, 0.6) is 0 Å². The predicted octanol–water partition coefficient (Wildman–Crippen LogP) is 2.35. The molecule has 2 fully saturated rings. The van der Waals surface area contributed by atoms with Crippen molar-refractivity contribution in [3.63, 3.8) is 0 Å². The number of aryl methyl sites for hydroxylation is 1. The molecule has 1 aromatic carbocycles. The number of rotatable bonds is 1. The van der Waals surface area contributed by atoms with Crippen LogP contribution in [0.2, 0.25) is 0 Å². The Bertz CT molecular complexity index is 492. The molecule has 0 radical (unpaired) electrons. The molecule has 19 heavy (non-hydrogen) atoms. The van der Waals surface area contributed by atoms with Gasteiger partial charge in [-0.1, -0.05) is 31.5 Å². The van der Waals surface area contributed by atoms with Gasteiger partial charge in [-0.25, -0.2) is 0 Å². The summed E-state index contributed by atoms with van der Waals surface area (Å²) in [6, 6.07) is 8.61. The lowest BCUT2D eigenvalue weighted by molar-refractivity contribution is -0.125. The molecule has 0 aliphatic carbocycles. The van der Waals surface area contributed by atoms with Gasteiger partial charge in [0.25, 0.3) is 0 Å². The van der Waals surface area contributed by atoms with E-state index < -0.39 is 0 Å². The van der Waals surface area contributed by atoms with Crippen LogP contribution in [0.15, 0.2) is 24.3 Å². The Morgan fingerprint density at radius 2 is 1.95 bits per heavy atom. The smallest absolute Gasteiger partial charge is 0.233 e. The van der Waals surface area contributed by atoms with Crippen molar-refractivity contribution in [3.8, 4) is 0 Å². The summed E-state index contributed by atoms with van der Waals surface area (Å²) >= 11 is 0. The Kier molecular flexibility index (Phi) is 2.90. The molecule has 0 saturated carbocycles. The quantitative estimate of drug-likeness (QED) is 0.838. The highest BCUT2D eigenvalue weighted by Crippen LogP contribution is 2.45. The van der Waals surface area contributed by atoms with Crippen LogP contribution in [-0.4, -0.2) is 25.0 Å². The van der Waals surface area contributed by atoms with Gasteiger partial charge in [-0.15, -0.1) is 0 Å². The number of benzene rings is 1. The van der Waals surface area contributed by atoms with Gasteiger partial charge >= 0.3 is 0 Å². The summed E-state index contributed by atoms with van der Waals surface area (Å²) in [4.78, 5) is 14.8. The summed E-state index contributed by atoms with van der Waals surface area (Å²) in [6.07, 6.45) is 1.09. The minimum atomic E-state index is -0.238. The Morgan fingerprint density at radius 1 is 1.26 bits per heavy atom. The van der Waals surface area contributed by atoms with E-state index in [1.807, 2.05) is 4.90 Å². The van der Waals surface area contributed by atoms with Crippen molar-refractivity contribution in [1.29, 1.82) is 0 Å². The van der Waals surface area contributed by atoms with E-state index in [4.69, 9.17) is 0 Å². The van der Waals surface area contributed by atoms with Gasteiger partial charge in [0.15, 0.2) is 0 Å². The number of carbonyl (C=O) groups excluding carboxylic acids is 1. The first kappa shape index (κ1) is 12.7. The molecule has 102 valence electrons. The molecule has 0 aromatic heterocycles. The van der Waals surface area contributed by atoms with Crippen molar-refractivity contribution in [2.75, 3.05) is 18.0 Å². The third-order valence-electron chi connectivity index (χ3n) is 4.79. The zero-order valence-electron chi connectivity index (χ0n) is 11.9. The SMILES string of the molecule is Cc1ccc(N2C(=O)C(C)(C)C3CCNCC32)cc1. The molecule has 2 heterocycles. The first-order valence-electron chi connectivity index (χ1n) is 7.13. The van der Waals surface area contributed by atoms with Crippen molar-refractivity contribution in [2.24, 2.45) is 11.3 Å². The fraction of sp³-hybridized carbons (Fsp3) is 0.562. The number of piperidine rings is 1. The highest BCUT2D eigenvalue weighted by atomic mass is 16.2. The van der Waals surface area contributed by atoms with Gasteiger partial charge in [-0.05, 0) is 37.9 Å². The second kappa shape index (κ2) is 4.34. The monoisotopic (exact) mass is 258 g/mol. The van der Waals surface area contributed by atoms with E-state index >= 15 is 0 Å². The zero-order valence-corrected chi connectivity index (χ0v) is 11.9. The topological polar surface area (TPSA) is 32.3 Å². The van der Waals surface area contributed by atoms with E-state index in [-0.39, 0.29) is 11.3 Å². The molecule has 1 amide bonds. The van der Waals surface area contributed by atoms with Crippen molar-refractivity contribution in [1.82, 2.24) is 5.32 Å². The molecule has 3 nitrogen and oxygen atoms in total. The number of carbonyl (C=O) groups is 1. The second-order valence-corrected chi connectivity index (χ2v) is 6.40. The van der Waals surface area contributed by atoms with Crippen LogP contribution in [0.3, 0.4) is 0 Å². The van der Waals surface area contributed by atoms with Gasteiger partial charge < -0.3 is 10.2 Å². The van der Waals surface area contributed by atoms with Crippen molar-refractivity contribution in [3.05, 3.63) is 29.8 Å². The maximum absolute atomic E-state index is 12.8. The van der Waals surface area contributed by atoms with Crippen LogP contribution in [0.4, 0.5) is 5.69 Å². The first-order valence-corrected chi connectivity index (χ1v) is 7.13. The van der Waals surface area contributed by atoms with Gasteiger partial charge in [0.2, 0.25) is 5.91 Å². The molecule has 0 spiro atoms. The number of amides is 1. The summed E-state index contributed by atoms with van der Waals surface area (Å²) in [7, 11) is 0. The summed E-state index contributed by atoms with van der Waals surface area (Å²) in [6.45, 7) is 8.22. The van der Waals surface area contributed by atoms with E-state index in [0.29, 0.717) is 12.0 Å². The molecule has 2 aliphatic rings. The van der Waals surface area contributed by atoms with Gasteiger partial charge in [-0.3, -0.25) is 4.79 Å². The van der Waals surface area contributed by atoms with Crippen LogP contribution >= 0.6 is 0 Å². The number of anilines is 1. The fourth-order valence-electron chi connectivity index (χ4n) is 3.59. The van der Waals surface area contributed by atoms with Gasteiger partial charge in [0.1, 0.15) is 0 Å². The number of hydrogen-bond donors (Lipinski definition) is 1. The molecular formula is C16H22N2O. The lowest BCUT2D eigenvalue weighted by atomic mass is 9.75. The average molecular weight is 258 g/mol. The van der Waals surface area contributed by atoms with Crippen molar-refractivity contribution >= 4 is 11.6 Å². The van der Waals surface area contributed by atoms with E-state index in [2.05, 4.69) is 50.4 Å². The van der Waals surface area contributed by atoms with Gasteiger partial charge in [0.05, 0.1) is 6.04 Å². The maximum atomic E-state index is 12.8. The lowest BCUT2D eigenvalue weighted by Gasteiger charge is -2.34. The minimum Gasteiger partial charge on any atom is -0.315 e. The van der Waals surface area contributed by atoms with Gasteiger partial charge in [0, 0.05) is 17.6 Å². The first-order chi connectivity index (χ1) is 9.01. The fourth-order valence-corrected chi connectivity index (χ4v) is 3.59. The Balaban J connectivity index is 2.00. The molecule has 3 heteroatoms. The summed E-state index contributed by atoms with van der Waals surface area (Å²) in [5.41, 5.74) is 2.03. The molecule has 3 rings (SSSR count). The molecule has 1 aromatic rings. The largest absolute Gasteiger partial charge is 0.315 e. The van der Waals surface area contributed by atoms with E-state index in [9.17, 15) is 4.79 Å². The standard InChI is InChI=1S/C16H22N2O/c1-11-4-6-12(7-5-11)18-14-10-17-9-8-13(14)16(2,3)15(18)19/h4-7,13-14,17H,8-10H2,1-3H3. The van der Waals surface area contributed by atoms with Crippen LogP contribution in [0.1, 0.15) is 25.8 Å². The molecular weight excluding hydrogens is 236 g/mol. The molecule has 2 aliphatic heterocycles. The van der Waals surface area contributed by atoms with Crippen molar-refractivity contribution < 1.29 is 4.79 Å². The Morgan fingerprint density at radius 3 is 2.63 bits per heavy atom. The van der Waals surface area contributed by atoms with E-state index in [0.717, 1.165) is 25.2 Å². The van der Waals surface area contributed by atoms with Crippen LogP contribution in [0, 0.1) is 18.3 Å². The average Bonchev–Trinajstić information content (AvgIpc) is 2.60. The van der Waals surface area contributed by atoms with Crippen molar-refractivity contribution in [2.45, 2.75) is 33.2 Å². The summed E-state index contributed by atoms with van der Waals surface area (Å²) < 4.78 is 0. The molecule has 1 N–H and O–H groups in total. The van der Waals surface area contributed by atoms with E-state index in [1.165, 1.54) is 5.56 Å². The van der Waals surface area contributed by atoms with Crippen LogP contribution in [0.25, 0.3) is 0 Å². The summed E-state index contributed by atoms with van der Waals surface area (Å²) in [5, 5.41) is 3.43. The highest BCUT2D eigenvalue weighted by molar-refractivity contribution is 6.00. The third-order valence-corrected chi connectivity index (χ3v) is 4.79. The van der Waals surface area contributed by atoms with Crippen LogP contribution in [-0.2, 0) is 4.79 Å². The zero-order chi connectivity index (χ0) is 13.6. The molecule has 0 bridgehead atoms. The summed E-state index contributed by atoms with van der Waals surface area (Å²) in [5.74, 6) is 0.734. The molecule has 2 unspecified atom stereocenters. The second-order valence-electron chi connectivity index (χ2n) is 6.40. The number of nitrogens with zero attached hydrogens (tertiary/aromatic N) is 1. The molecule has 2 saturated heterocycles. The number of fused-ring (bicyclic) bond motifs is 1. The Labute approximate surface area is 115 Å². The maximum Gasteiger partial charge on any atom is 0.233 e. The van der Waals surface area contributed by atoms with Crippen LogP contribution < -0.4 is 10.2 Å². The lowest BCUT2D eigenvalue weighted by Crippen LogP contribution is -2.47. The number of nitrogens with one attached hydrogen (secondary N) is 1. The minimum absolute atomic E-state index is 0.238. The highest BCUT2D eigenvalue weighted by Gasteiger charge is 2.54. The van der Waals surface area contributed by atoms with E-state index in [1.54, 1.807) is 0 Å². The third kappa shape index (κ3) is 1.88. The Hall–Kier alpha value is -1.35. The van der Waals surface area contributed by atoms with Gasteiger partial charge in [-0.2, -0.15) is 0 Å². The number of hydrogen-bond acceptors (Lipinski definition) is 2. The predicted molar refractivity (Wildman–Crippen MR) is 77.2 cm³/mol. The normalized spacial score (nSPS) is 29.4.